The minimum absolute atomic E-state index is 0.00862. The number of rotatable bonds is 3. The van der Waals surface area contributed by atoms with E-state index < -0.39 is 11.6 Å². The Balaban J connectivity index is 2.00. The summed E-state index contributed by atoms with van der Waals surface area (Å²) < 4.78 is 26.6. The number of carbonyl (C=O) groups is 1. The first-order valence-electron chi connectivity index (χ1n) is 6.85. The van der Waals surface area contributed by atoms with Gasteiger partial charge in [0.1, 0.15) is 5.78 Å². The van der Waals surface area contributed by atoms with Crippen molar-refractivity contribution >= 4 is 5.78 Å². The molecule has 1 fully saturated rings. The highest BCUT2D eigenvalue weighted by Crippen LogP contribution is 2.38. The standard InChI is InChI=1S/C16H20F2O/c1-16(2)8-6-11(7-9-16)14(19)10-12-4-3-5-13(17)15(12)18/h3-5,11H,6-10H2,1-2H3. The molecule has 1 aromatic carbocycles. The number of hydrogen-bond acceptors (Lipinski definition) is 1. The highest BCUT2D eigenvalue weighted by atomic mass is 19.2. The largest absolute Gasteiger partial charge is 0.299 e. The van der Waals surface area contributed by atoms with Gasteiger partial charge in [-0.2, -0.15) is 0 Å². The lowest BCUT2D eigenvalue weighted by atomic mass is 9.71. The van der Waals surface area contributed by atoms with Gasteiger partial charge >= 0.3 is 0 Å². The van der Waals surface area contributed by atoms with Crippen LogP contribution in [-0.2, 0) is 11.2 Å². The molecule has 3 heteroatoms. The van der Waals surface area contributed by atoms with Crippen molar-refractivity contribution in [3.8, 4) is 0 Å². The first-order chi connectivity index (χ1) is 8.89. The second-order valence-electron chi connectivity index (χ2n) is 6.29. The molecule has 0 atom stereocenters. The molecule has 19 heavy (non-hydrogen) atoms. The van der Waals surface area contributed by atoms with E-state index in [0.717, 1.165) is 31.7 Å². The van der Waals surface area contributed by atoms with Crippen LogP contribution in [-0.4, -0.2) is 5.78 Å². The van der Waals surface area contributed by atoms with Crippen molar-refractivity contribution in [1.82, 2.24) is 0 Å². The summed E-state index contributed by atoms with van der Waals surface area (Å²) in [5, 5.41) is 0. The van der Waals surface area contributed by atoms with Gasteiger partial charge in [0.15, 0.2) is 11.6 Å². The lowest BCUT2D eigenvalue weighted by Gasteiger charge is -2.33. The molecule has 0 aromatic heterocycles. The van der Waals surface area contributed by atoms with E-state index in [4.69, 9.17) is 0 Å². The lowest BCUT2D eigenvalue weighted by molar-refractivity contribution is -0.123. The molecule has 1 aliphatic rings. The van der Waals surface area contributed by atoms with E-state index in [1.54, 1.807) is 0 Å². The molecule has 0 heterocycles. The molecule has 0 radical (unpaired) electrons. The molecule has 1 nitrogen and oxygen atoms in total. The fraction of sp³-hybridized carbons (Fsp3) is 0.562. The van der Waals surface area contributed by atoms with Crippen LogP contribution in [0.25, 0.3) is 0 Å². The third-order valence-electron chi connectivity index (χ3n) is 4.19. The maximum Gasteiger partial charge on any atom is 0.162 e. The summed E-state index contributed by atoms with van der Waals surface area (Å²) in [5.41, 5.74) is 0.482. The lowest BCUT2D eigenvalue weighted by Crippen LogP contribution is -2.27. The van der Waals surface area contributed by atoms with Crippen molar-refractivity contribution in [1.29, 1.82) is 0 Å². The molecule has 104 valence electrons. The first kappa shape index (κ1) is 14.2. The Hall–Kier alpha value is -1.25. The molecule has 0 unspecified atom stereocenters. The molecule has 0 N–H and O–H groups in total. The van der Waals surface area contributed by atoms with Crippen LogP contribution in [0.1, 0.15) is 45.1 Å². The van der Waals surface area contributed by atoms with E-state index in [0.29, 0.717) is 5.41 Å². The SMILES string of the molecule is CC1(C)CCC(C(=O)Cc2cccc(F)c2F)CC1. The maximum atomic E-state index is 13.5. The summed E-state index contributed by atoms with van der Waals surface area (Å²) in [7, 11) is 0. The van der Waals surface area contributed by atoms with Gasteiger partial charge in [0.25, 0.3) is 0 Å². The van der Waals surface area contributed by atoms with Crippen LogP contribution in [0.3, 0.4) is 0 Å². The van der Waals surface area contributed by atoms with Crippen molar-refractivity contribution in [3.63, 3.8) is 0 Å². The van der Waals surface area contributed by atoms with E-state index in [2.05, 4.69) is 13.8 Å². The smallest absolute Gasteiger partial charge is 0.162 e. The Bertz CT molecular complexity index is 470. The minimum atomic E-state index is -0.882. The van der Waals surface area contributed by atoms with Crippen molar-refractivity contribution in [2.24, 2.45) is 11.3 Å². The summed E-state index contributed by atoms with van der Waals surface area (Å²) in [4.78, 5) is 12.2. The minimum Gasteiger partial charge on any atom is -0.299 e. The molecule has 0 spiro atoms. The summed E-state index contributed by atoms with van der Waals surface area (Å²) in [6.45, 7) is 4.42. The first-order valence-corrected chi connectivity index (χ1v) is 6.85. The molecule has 2 rings (SSSR count). The van der Waals surface area contributed by atoms with Crippen LogP contribution < -0.4 is 0 Å². The van der Waals surface area contributed by atoms with E-state index in [1.165, 1.54) is 12.1 Å². The van der Waals surface area contributed by atoms with Crippen molar-refractivity contribution < 1.29 is 13.6 Å². The third-order valence-corrected chi connectivity index (χ3v) is 4.19. The molecular weight excluding hydrogens is 246 g/mol. The van der Waals surface area contributed by atoms with Gasteiger partial charge in [-0.25, -0.2) is 8.78 Å². The van der Waals surface area contributed by atoms with Crippen LogP contribution >= 0.6 is 0 Å². The van der Waals surface area contributed by atoms with Crippen LogP contribution in [0.15, 0.2) is 18.2 Å². The Labute approximate surface area is 113 Å². The van der Waals surface area contributed by atoms with E-state index in [9.17, 15) is 13.6 Å². The monoisotopic (exact) mass is 266 g/mol. The van der Waals surface area contributed by atoms with E-state index in [-0.39, 0.29) is 23.7 Å². The zero-order valence-corrected chi connectivity index (χ0v) is 11.5. The summed E-state index contributed by atoms with van der Waals surface area (Å²) >= 11 is 0. The van der Waals surface area contributed by atoms with Crippen molar-refractivity contribution in [3.05, 3.63) is 35.4 Å². The predicted molar refractivity (Wildman–Crippen MR) is 70.8 cm³/mol. The van der Waals surface area contributed by atoms with Gasteiger partial charge in [0, 0.05) is 12.3 Å². The predicted octanol–water partition coefficient (Wildman–Crippen LogP) is 4.29. The highest BCUT2D eigenvalue weighted by molar-refractivity contribution is 5.83. The topological polar surface area (TPSA) is 17.1 Å². The van der Waals surface area contributed by atoms with Crippen LogP contribution in [0.4, 0.5) is 8.78 Å². The Morgan fingerprint density at radius 2 is 1.89 bits per heavy atom. The Morgan fingerprint density at radius 1 is 1.26 bits per heavy atom. The summed E-state index contributed by atoms with van der Waals surface area (Å²) in [6.07, 6.45) is 3.78. The molecule has 1 aromatic rings. The van der Waals surface area contributed by atoms with E-state index in [1.807, 2.05) is 0 Å². The van der Waals surface area contributed by atoms with Crippen LogP contribution in [0.5, 0.6) is 0 Å². The number of ketones is 1. The number of carbonyl (C=O) groups excluding carboxylic acids is 1. The third kappa shape index (κ3) is 3.40. The average molecular weight is 266 g/mol. The van der Waals surface area contributed by atoms with Gasteiger partial charge in [-0.15, -0.1) is 0 Å². The van der Waals surface area contributed by atoms with Gasteiger partial charge in [-0.3, -0.25) is 4.79 Å². The summed E-state index contributed by atoms with van der Waals surface area (Å²) in [5.74, 6) is -1.71. The van der Waals surface area contributed by atoms with Crippen molar-refractivity contribution in [2.45, 2.75) is 46.0 Å². The number of halogens is 2. The molecule has 0 aliphatic heterocycles. The van der Waals surface area contributed by atoms with Crippen LogP contribution in [0, 0.1) is 23.0 Å². The van der Waals surface area contributed by atoms with Gasteiger partial charge in [0.05, 0.1) is 0 Å². The van der Waals surface area contributed by atoms with E-state index >= 15 is 0 Å². The van der Waals surface area contributed by atoms with Crippen LogP contribution in [0.2, 0.25) is 0 Å². The van der Waals surface area contributed by atoms with Gasteiger partial charge in [-0.05, 0) is 42.7 Å². The fourth-order valence-electron chi connectivity index (χ4n) is 2.74. The number of hydrogen-bond donors (Lipinski definition) is 0. The number of benzene rings is 1. The average Bonchev–Trinajstić information content (AvgIpc) is 2.35. The number of Topliss-reactive ketones (excluding diaryl/α,β-unsaturated/α-hetero) is 1. The Morgan fingerprint density at radius 3 is 2.53 bits per heavy atom. The van der Waals surface area contributed by atoms with Gasteiger partial charge in [0.2, 0.25) is 0 Å². The second-order valence-corrected chi connectivity index (χ2v) is 6.29. The normalized spacial score (nSPS) is 19.4. The quantitative estimate of drug-likeness (QED) is 0.797. The van der Waals surface area contributed by atoms with Gasteiger partial charge in [-0.1, -0.05) is 26.0 Å². The zero-order valence-electron chi connectivity index (χ0n) is 11.5. The second kappa shape index (κ2) is 5.40. The Kier molecular flexibility index (Phi) is 4.02. The maximum absolute atomic E-state index is 13.5. The molecular formula is C16H20F2O. The zero-order chi connectivity index (χ0) is 14.0. The molecule has 0 bridgehead atoms. The molecule has 0 saturated heterocycles. The molecule has 0 amide bonds. The highest BCUT2D eigenvalue weighted by Gasteiger charge is 2.30. The summed E-state index contributed by atoms with van der Waals surface area (Å²) in [6, 6.07) is 4.01. The van der Waals surface area contributed by atoms with Gasteiger partial charge < -0.3 is 0 Å². The fourth-order valence-corrected chi connectivity index (χ4v) is 2.74. The van der Waals surface area contributed by atoms with Crippen molar-refractivity contribution in [2.75, 3.05) is 0 Å². The molecule has 1 saturated carbocycles. The molecule has 1 aliphatic carbocycles.